The Hall–Kier alpha value is -3.96. The average molecular weight is 554 g/mol. The molecule has 2 amide bonds. The number of aromatic hydroxyl groups is 1. The second-order valence-electron chi connectivity index (χ2n) is 8.40. The summed E-state index contributed by atoms with van der Waals surface area (Å²) in [7, 11) is 1.39. The molecule has 10 nitrogen and oxygen atoms in total. The molecular weight excluding hydrogens is 534 g/mol. The number of fused-ring (bicyclic) bond motifs is 1. The van der Waals surface area contributed by atoms with Crippen LogP contribution in [0, 0.1) is 16.0 Å². The van der Waals surface area contributed by atoms with Gasteiger partial charge < -0.3 is 9.84 Å². The smallest absolute Gasteiger partial charge is 0.271 e. The van der Waals surface area contributed by atoms with Crippen molar-refractivity contribution in [3.8, 4) is 11.5 Å². The van der Waals surface area contributed by atoms with E-state index in [9.17, 15) is 24.8 Å². The monoisotopic (exact) mass is 553 g/mol. The van der Waals surface area contributed by atoms with Gasteiger partial charge in [0.05, 0.1) is 34.8 Å². The van der Waals surface area contributed by atoms with Crippen molar-refractivity contribution >= 4 is 39.1 Å². The molecule has 3 aromatic carbocycles. The summed E-state index contributed by atoms with van der Waals surface area (Å²) in [6.45, 7) is 0.0982. The quantitative estimate of drug-likeness (QED) is 0.275. The van der Waals surface area contributed by atoms with Crippen molar-refractivity contribution in [3.05, 3.63) is 92.4 Å². The maximum atomic E-state index is 13.6. The lowest BCUT2D eigenvalue weighted by Crippen LogP contribution is -2.37. The lowest BCUT2D eigenvalue weighted by molar-refractivity contribution is -0.384. The van der Waals surface area contributed by atoms with Gasteiger partial charge >= 0.3 is 0 Å². The van der Waals surface area contributed by atoms with E-state index in [0.29, 0.717) is 15.7 Å². The van der Waals surface area contributed by atoms with Gasteiger partial charge in [0.25, 0.3) is 11.6 Å². The first-order valence-corrected chi connectivity index (χ1v) is 11.8. The first-order chi connectivity index (χ1) is 17.3. The number of hydrogen-bond donors (Lipinski definition) is 1. The van der Waals surface area contributed by atoms with Gasteiger partial charge in [-0.15, -0.1) is 0 Å². The third-order valence-electron chi connectivity index (χ3n) is 6.30. The molecule has 2 heterocycles. The van der Waals surface area contributed by atoms with E-state index in [1.807, 2.05) is 30.3 Å². The molecule has 2 aliphatic rings. The molecule has 1 N–H and O–H groups in total. The van der Waals surface area contributed by atoms with Crippen molar-refractivity contribution in [2.45, 2.75) is 18.7 Å². The standard InChI is InChI=1S/C25H20BrN3O7/c1-35-19-11-15(10-18(26)22(19)30)21-20-23(36-28(21)16-8-5-9-17(12-16)29(33)34)25(32)27(24(20)31)13-14-6-3-2-4-7-14/h2-12,20-21,23,30H,13H2,1H3/t20-,21+,23+/m1/s1. The highest BCUT2D eigenvalue weighted by Gasteiger charge is 2.60. The predicted octanol–water partition coefficient (Wildman–Crippen LogP) is 4.12. The maximum Gasteiger partial charge on any atom is 0.271 e. The molecule has 11 heteroatoms. The molecule has 0 aliphatic carbocycles. The van der Waals surface area contributed by atoms with Crippen LogP contribution in [0.5, 0.6) is 11.5 Å². The number of nitro benzene ring substituents is 1. The van der Waals surface area contributed by atoms with E-state index in [1.54, 1.807) is 18.2 Å². The van der Waals surface area contributed by atoms with Crippen LogP contribution in [0.3, 0.4) is 0 Å². The molecule has 0 spiro atoms. The summed E-state index contributed by atoms with van der Waals surface area (Å²) in [6, 6.07) is 17.2. The fourth-order valence-electron chi connectivity index (χ4n) is 4.62. The Bertz CT molecular complexity index is 1370. The van der Waals surface area contributed by atoms with Gasteiger partial charge in [-0.2, -0.15) is 0 Å². The maximum absolute atomic E-state index is 13.6. The van der Waals surface area contributed by atoms with Crippen LogP contribution in [0.25, 0.3) is 0 Å². The average Bonchev–Trinajstić information content (AvgIpc) is 3.38. The second-order valence-corrected chi connectivity index (χ2v) is 9.26. The van der Waals surface area contributed by atoms with Crippen LogP contribution in [0.2, 0.25) is 0 Å². The van der Waals surface area contributed by atoms with Crippen LogP contribution in [-0.4, -0.2) is 40.0 Å². The number of ether oxygens (including phenoxy) is 1. The molecule has 0 bridgehead atoms. The molecule has 5 rings (SSSR count). The minimum Gasteiger partial charge on any atom is -0.503 e. The van der Waals surface area contributed by atoms with Gasteiger partial charge in [-0.05, 0) is 45.3 Å². The van der Waals surface area contributed by atoms with Gasteiger partial charge in [0.1, 0.15) is 5.92 Å². The fourth-order valence-corrected chi connectivity index (χ4v) is 5.08. The third-order valence-corrected chi connectivity index (χ3v) is 6.90. The molecule has 2 aliphatic heterocycles. The minimum atomic E-state index is -1.12. The summed E-state index contributed by atoms with van der Waals surface area (Å²) < 4.78 is 5.60. The molecule has 2 fully saturated rings. The number of nitrogens with zero attached hydrogens (tertiary/aromatic N) is 3. The Morgan fingerprint density at radius 1 is 1.08 bits per heavy atom. The molecule has 0 saturated carbocycles. The topological polar surface area (TPSA) is 122 Å². The number of phenols is 1. The number of hydroxylamine groups is 1. The predicted molar refractivity (Wildman–Crippen MR) is 131 cm³/mol. The summed E-state index contributed by atoms with van der Waals surface area (Å²) in [4.78, 5) is 45.1. The molecule has 3 atom stereocenters. The lowest BCUT2D eigenvalue weighted by Gasteiger charge is -2.29. The Kier molecular flexibility index (Phi) is 6.10. The van der Waals surface area contributed by atoms with Gasteiger partial charge in [-0.25, -0.2) is 5.06 Å². The molecule has 2 saturated heterocycles. The normalized spacial score (nSPS) is 21.1. The number of non-ortho nitro benzene ring substituents is 1. The first kappa shape index (κ1) is 23.8. The van der Waals surface area contributed by atoms with Crippen LogP contribution in [-0.2, 0) is 21.0 Å². The minimum absolute atomic E-state index is 0.0982. The van der Waals surface area contributed by atoms with Crippen LogP contribution >= 0.6 is 15.9 Å². The number of carbonyl (C=O) groups excluding carboxylic acids is 2. The summed E-state index contributed by atoms with van der Waals surface area (Å²) in [5, 5.41) is 23.1. The van der Waals surface area contributed by atoms with Crippen molar-refractivity contribution in [2.24, 2.45) is 5.92 Å². The van der Waals surface area contributed by atoms with Gasteiger partial charge in [0.2, 0.25) is 5.91 Å². The number of hydrogen-bond acceptors (Lipinski definition) is 8. The zero-order valence-corrected chi connectivity index (χ0v) is 20.5. The van der Waals surface area contributed by atoms with Crippen LogP contribution in [0.4, 0.5) is 11.4 Å². The number of nitro groups is 1. The number of halogens is 1. The summed E-state index contributed by atoms with van der Waals surface area (Å²) in [5.74, 6) is -1.81. The van der Waals surface area contributed by atoms with Gasteiger partial charge in [0.15, 0.2) is 17.6 Å². The molecule has 0 aromatic heterocycles. The van der Waals surface area contributed by atoms with Gasteiger partial charge in [-0.3, -0.25) is 29.4 Å². The number of carbonyl (C=O) groups is 2. The number of rotatable bonds is 6. The van der Waals surface area contributed by atoms with E-state index in [1.165, 1.54) is 35.3 Å². The summed E-state index contributed by atoms with van der Waals surface area (Å²) >= 11 is 3.31. The zero-order valence-electron chi connectivity index (χ0n) is 18.9. The Morgan fingerprint density at radius 3 is 2.53 bits per heavy atom. The van der Waals surface area contributed by atoms with Gasteiger partial charge in [0, 0.05) is 12.1 Å². The highest BCUT2D eigenvalue weighted by molar-refractivity contribution is 9.10. The highest BCUT2D eigenvalue weighted by atomic mass is 79.9. The number of phenolic OH excluding ortho intramolecular Hbond substituents is 1. The van der Waals surface area contributed by atoms with E-state index in [0.717, 1.165) is 5.56 Å². The van der Waals surface area contributed by atoms with E-state index in [4.69, 9.17) is 9.57 Å². The molecule has 0 radical (unpaired) electrons. The van der Waals surface area contributed by atoms with Crippen LogP contribution in [0.15, 0.2) is 71.2 Å². The number of imide groups is 1. The van der Waals surface area contributed by atoms with E-state index in [-0.39, 0.29) is 23.7 Å². The number of methoxy groups -OCH3 is 1. The Balaban J connectivity index is 1.59. The largest absolute Gasteiger partial charge is 0.503 e. The Morgan fingerprint density at radius 2 is 1.83 bits per heavy atom. The first-order valence-electron chi connectivity index (χ1n) is 11.0. The second kappa shape index (κ2) is 9.25. The van der Waals surface area contributed by atoms with E-state index < -0.39 is 34.8 Å². The third kappa shape index (κ3) is 3.95. The zero-order chi connectivity index (χ0) is 25.6. The number of amides is 2. The van der Waals surface area contributed by atoms with E-state index >= 15 is 0 Å². The summed E-state index contributed by atoms with van der Waals surface area (Å²) in [6.07, 6.45) is -1.12. The molecule has 3 aromatic rings. The number of anilines is 1. The van der Waals surface area contributed by atoms with Crippen molar-refractivity contribution in [3.63, 3.8) is 0 Å². The lowest BCUT2D eigenvalue weighted by atomic mass is 9.90. The van der Waals surface area contributed by atoms with Gasteiger partial charge in [-0.1, -0.05) is 36.4 Å². The molecule has 36 heavy (non-hydrogen) atoms. The van der Waals surface area contributed by atoms with E-state index in [2.05, 4.69) is 15.9 Å². The summed E-state index contributed by atoms with van der Waals surface area (Å²) in [5.41, 5.74) is 1.44. The van der Waals surface area contributed by atoms with Crippen molar-refractivity contribution < 1.29 is 29.2 Å². The van der Waals surface area contributed by atoms with Crippen molar-refractivity contribution in [2.75, 3.05) is 12.2 Å². The van der Waals surface area contributed by atoms with Crippen molar-refractivity contribution in [1.82, 2.24) is 4.90 Å². The SMILES string of the molecule is COc1cc([C@H]2[C@H]3C(=O)N(Cc4ccccc4)C(=O)[C@H]3ON2c2cccc([N+](=O)[O-])c2)cc(Br)c1O. The molecule has 184 valence electrons. The van der Waals surface area contributed by atoms with Crippen LogP contribution < -0.4 is 9.80 Å². The molecule has 0 unspecified atom stereocenters. The Labute approximate surface area is 213 Å². The van der Waals surface area contributed by atoms with Crippen LogP contribution in [0.1, 0.15) is 17.2 Å². The number of likely N-dealkylation sites (tertiary alicyclic amines) is 1. The molecular formula is C25H20BrN3O7. The highest BCUT2D eigenvalue weighted by Crippen LogP contribution is 2.49. The van der Waals surface area contributed by atoms with Crippen molar-refractivity contribution in [1.29, 1.82) is 0 Å². The number of benzene rings is 3. The fraction of sp³-hybridized carbons (Fsp3) is 0.200.